The number of rotatable bonds is 4. The van der Waals surface area contributed by atoms with Gasteiger partial charge in [0.15, 0.2) is 0 Å². The van der Waals surface area contributed by atoms with Gasteiger partial charge in [0.2, 0.25) is 0 Å². The molecule has 1 saturated carbocycles. The molecule has 128 valence electrons. The maximum Gasteiger partial charge on any atom is 0.137 e. The fraction of sp³-hybridized carbons (Fsp3) is 0.348. The third-order valence-electron chi connectivity index (χ3n) is 5.50. The first-order chi connectivity index (χ1) is 12.2. The monoisotopic (exact) mass is 330 g/mol. The highest BCUT2D eigenvalue weighted by atomic mass is 15.1. The Balaban J connectivity index is 1.75. The number of imidazole rings is 1. The predicted molar refractivity (Wildman–Crippen MR) is 106 cm³/mol. The summed E-state index contributed by atoms with van der Waals surface area (Å²) in [4.78, 5) is 4.96. The molecule has 2 heteroatoms. The van der Waals surface area contributed by atoms with Crippen molar-refractivity contribution in [1.29, 1.82) is 0 Å². The van der Waals surface area contributed by atoms with E-state index in [0.29, 0.717) is 5.92 Å². The molecule has 2 nitrogen and oxygen atoms in total. The fourth-order valence-electron chi connectivity index (χ4n) is 3.99. The number of benzene rings is 2. The molecule has 0 unspecified atom stereocenters. The summed E-state index contributed by atoms with van der Waals surface area (Å²) in [5, 5.41) is 0. The van der Waals surface area contributed by atoms with Crippen molar-refractivity contribution in [2.24, 2.45) is 5.92 Å². The Labute approximate surface area is 150 Å². The van der Waals surface area contributed by atoms with Crippen LogP contribution in [-0.2, 0) is 6.54 Å². The second kappa shape index (κ2) is 6.87. The van der Waals surface area contributed by atoms with Crippen LogP contribution >= 0.6 is 0 Å². The Bertz CT molecular complexity index is 880. The summed E-state index contributed by atoms with van der Waals surface area (Å²) in [6, 6.07) is 17.3. The first-order valence-electron chi connectivity index (χ1n) is 9.42. The van der Waals surface area contributed by atoms with Crippen LogP contribution in [0.2, 0.25) is 0 Å². The van der Waals surface area contributed by atoms with E-state index in [0.717, 1.165) is 17.9 Å². The van der Waals surface area contributed by atoms with Crippen LogP contribution in [0.15, 0.2) is 55.1 Å². The van der Waals surface area contributed by atoms with E-state index in [4.69, 9.17) is 4.98 Å². The third kappa shape index (κ3) is 3.26. The smallest absolute Gasteiger partial charge is 0.137 e. The average Bonchev–Trinajstić information content (AvgIpc) is 3.02. The van der Waals surface area contributed by atoms with Crippen molar-refractivity contribution in [3.63, 3.8) is 0 Å². The lowest BCUT2D eigenvalue weighted by molar-refractivity contribution is 0.427. The summed E-state index contributed by atoms with van der Waals surface area (Å²) in [6.45, 7) is 7.46. The highest BCUT2D eigenvalue weighted by Gasteiger charge is 2.22. The molecule has 1 aliphatic carbocycles. The number of hydrogen-bond donors (Lipinski definition) is 0. The molecule has 1 aromatic heterocycles. The minimum atomic E-state index is 0.585. The van der Waals surface area contributed by atoms with E-state index in [2.05, 4.69) is 66.6 Å². The standard InChI is InChI=1S/C23H26N2/c1-17-12-14-19(15-13-17)16-25-22-11-7-6-10-21(22)24-23(25)18(2)20-8-4-3-5-9-20/h6-7,10-15,20H,2-5,8-9,16H2,1H3. The highest BCUT2D eigenvalue weighted by Crippen LogP contribution is 2.35. The maximum atomic E-state index is 4.96. The zero-order valence-corrected chi connectivity index (χ0v) is 15.0. The Kier molecular flexibility index (Phi) is 4.44. The average molecular weight is 330 g/mol. The molecule has 0 N–H and O–H groups in total. The number of hydrogen-bond acceptors (Lipinski definition) is 1. The van der Waals surface area contributed by atoms with Gasteiger partial charge in [-0.1, -0.05) is 67.8 Å². The first-order valence-corrected chi connectivity index (χ1v) is 9.42. The molecule has 3 aromatic rings. The van der Waals surface area contributed by atoms with E-state index in [9.17, 15) is 0 Å². The van der Waals surface area contributed by atoms with Crippen LogP contribution in [0.3, 0.4) is 0 Å². The third-order valence-corrected chi connectivity index (χ3v) is 5.50. The van der Waals surface area contributed by atoms with Crippen molar-refractivity contribution >= 4 is 16.6 Å². The van der Waals surface area contributed by atoms with Gasteiger partial charge < -0.3 is 4.57 Å². The molecule has 4 rings (SSSR count). The Morgan fingerprint density at radius 2 is 1.76 bits per heavy atom. The lowest BCUT2D eigenvalue weighted by Gasteiger charge is -2.24. The Hall–Kier alpha value is -2.35. The second-order valence-corrected chi connectivity index (χ2v) is 7.36. The van der Waals surface area contributed by atoms with Crippen molar-refractivity contribution < 1.29 is 0 Å². The van der Waals surface area contributed by atoms with E-state index in [1.807, 2.05) is 0 Å². The van der Waals surface area contributed by atoms with Gasteiger partial charge in [0, 0.05) is 6.54 Å². The van der Waals surface area contributed by atoms with Crippen LogP contribution in [0.25, 0.3) is 16.6 Å². The van der Waals surface area contributed by atoms with E-state index in [-0.39, 0.29) is 0 Å². The van der Waals surface area contributed by atoms with Gasteiger partial charge in [-0.15, -0.1) is 0 Å². The summed E-state index contributed by atoms with van der Waals surface area (Å²) in [5.41, 5.74) is 6.11. The zero-order valence-electron chi connectivity index (χ0n) is 15.0. The van der Waals surface area contributed by atoms with Crippen molar-refractivity contribution in [3.05, 3.63) is 72.1 Å². The SMILES string of the molecule is C=C(c1nc2ccccc2n1Cc1ccc(C)cc1)C1CCCCC1. The molecule has 0 saturated heterocycles. The minimum absolute atomic E-state index is 0.585. The van der Waals surface area contributed by atoms with Gasteiger partial charge in [-0.2, -0.15) is 0 Å². The van der Waals surface area contributed by atoms with E-state index in [1.54, 1.807) is 0 Å². The molecule has 1 heterocycles. The summed E-state index contributed by atoms with van der Waals surface area (Å²) in [5.74, 6) is 1.66. The Morgan fingerprint density at radius 3 is 2.52 bits per heavy atom. The number of fused-ring (bicyclic) bond motifs is 1. The molecule has 0 bridgehead atoms. The predicted octanol–water partition coefficient (Wildman–Crippen LogP) is 5.99. The fourth-order valence-corrected chi connectivity index (χ4v) is 3.99. The van der Waals surface area contributed by atoms with E-state index >= 15 is 0 Å². The van der Waals surface area contributed by atoms with E-state index < -0.39 is 0 Å². The largest absolute Gasteiger partial charge is 0.320 e. The number of allylic oxidation sites excluding steroid dienone is 1. The number of nitrogens with zero attached hydrogens (tertiary/aromatic N) is 2. The van der Waals surface area contributed by atoms with E-state index in [1.165, 1.54) is 54.3 Å². The van der Waals surface area contributed by atoms with Crippen molar-refractivity contribution in [3.8, 4) is 0 Å². The van der Waals surface area contributed by atoms with Gasteiger partial charge in [-0.3, -0.25) is 0 Å². The second-order valence-electron chi connectivity index (χ2n) is 7.36. The molecular formula is C23H26N2. The lowest BCUT2D eigenvalue weighted by atomic mass is 9.84. The first kappa shape index (κ1) is 16.1. The van der Waals surface area contributed by atoms with Gasteiger partial charge in [0.05, 0.1) is 11.0 Å². The van der Waals surface area contributed by atoms with Gasteiger partial charge >= 0.3 is 0 Å². The molecule has 1 aliphatic rings. The number of para-hydroxylation sites is 2. The molecule has 0 atom stereocenters. The summed E-state index contributed by atoms with van der Waals surface area (Å²) < 4.78 is 2.36. The van der Waals surface area contributed by atoms with Crippen molar-refractivity contribution in [2.45, 2.75) is 45.6 Å². The van der Waals surface area contributed by atoms with Crippen LogP contribution in [0.1, 0.15) is 49.1 Å². The van der Waals surface area contributed by atoms with Crippen LogP contribution in [0, 0.1) is 12.8 Å². The molecule has 0 amide bonds. The Morgan fingerprint density at radius 1 is 1.04 bits per heavy atom. The quantitative estimate of drug-likeness (QED) is 0.575. The van der Waals surface area contributed by atoms with Crippen LogP contribution in [0.4, 0.5) is 0 Å². The topological polar surface area (TPSA) is 17.8 Å². The van der Waals surface area contributed by atoms with Crippen LogP contribution in [-0.4, -0.2) is 9.55 Å². The van der Waals surface area contributed by atoms with Crippen molar-refractivity contribution in [2.75, 3.05) is 0 Å². The summed E-state index contributed by atoms with van der Waals surface area (Å²) in [7, 11) is 0. The number of aromatic nitrogens is 2. The summed E-state index contributed by atoms with van der Waals surface area (Å²) >= 11 is 0. The van der Waals surface area contributed by atoms with Gasteiger partial charge in [-0.05, 0) is 49.0 Å². The molecule has 1 fully saturated rings. The molecule has 0 radical (unpaired) electrons. The zero-order chi connectivity index (χ0) is 17.2. The normalized spacial score (nSPS) is 15.6. The summed E-state index contributed by atoms with van der Waals surface area (Å²) in [6.07, 6.45) is 6.52. The lowest BCUT2D eigenvalue weighted by Crippen LogP contribution is -2.12. The molecule has 2 aromatic carbocycles. The van der Waals surface area contributed by atoms with Gasteiger partial charge in [0.25, 0.3) is 0 Å². The molecule has 0 aliphatic heterocycles. The maximum absolute atomic E-state index is 4.96. The van der Waals surface area contributed by atoms with Gasteiger partial charge in [0.1, 0.15) is 5.82 Å². The number of aryl methyl sites for hydroxylation is 1. The molecular weight excluding hydrogens is 304 g/mol. The minimum Gasteiger partial charge on any atom is -0.320 e. The molecule has 25 heavy (non-hydrogen) atoms. The van der Waals surface area contributed by atoms with Crippen LogP contribution < -0.4 is 0 Å². The van der Waals surface area contributed by atoms with Crippen molar-refractivity contribution in [1.82, 2.24) is 9.55 Å². The molecule has 0 spiro atoms. The van der Waals surface area contributed by atoms with Crippen LogP contribution in [0.5, 0.6) is 0 Å². The highest BCUT2D eigenvalue weighted by molar-refractivity contribution is 5.80. The van der Waals surface area contributed by atoms with Gasteiger partial charge in [-0.25, -0.2) is 4.98 Å².